The van der Waals surface area contributed by atoms with Gasteiger partial charge in [0.05, 0.1) is 18.6 Å². The summed E-state index contributed by atoms with van der Waals surface area (Å²) in [5.41, 5.74) is 9.01. The van der Waals surface area contributed by atoms with Crippen LogP contribution in [-0.2, 0) is 35.1 Å². The quantitative estimate of drug-likeness (QED) is 0.646. The molecule has 0 amide bonds. The van der Waals surface area contributed by atoms with Gasteiger partial charge in [-0.1, -0.05) is 12.1 Å². The van der Waals surface area contributed by atoms with E-state index in [4.69, 9.17) is 10.5 Å². The highest BCUT2D eigenvalue weighted by Gasteiger charge is 2.31. The Morgan fingerprint density at radius 1 is 1.19 bits per heavy atom. The first kappa shape index (κ1) is 19.1. The molecule has 1 heterocycles. The number of ether oxygens (including phenoxy) is 1. The predicted molar refractivity (Wildman–Crippen MR) is 97.4 cm³/mol. The van der Waals surface area contributed by atoms with Crippen molar-refractivity contribution in [2.75, 3.05) is 23.8 Å². The van der Waals surface area contributed by atoms with Gasteiger partial charge in [0, 0.05) is 24.5 Å². The summed E-state index contributed by atoms with van der Waals surface area (Å²) in [7, 11) is 0. The number of nitrogens with zero attached hydrogens (tertiary/aromatic N) is 1. The predicted octanol–water partition coefficient (Wildman–Crippen LogP) is 3.96. The van der Waals surface area contributed by atoms with E-state index in [0.29, 0.717) is 42.9 Å². The Bertz CT molecular complexity index is 850. The number of nitrogens with two attached hydrogens (primary N) is 1. The van der Waals surface area contributed by atoms with Crippen LogP contribution in [0.5, 0.6) is 0 Å². The summed E-state index contributed by atoms with van der Waals surface area (Å²) in [6.07, 6.45) is -3.59. The first-order valence-corrected chi connectivity index (χ1v) is 8.76. The fourth-order valence-corrected chi connectivity index (χ4v) is 3.26. The minimum atomic E-state index is -4.35. The molecule has 4 nitrogen and oxygen atoms in total. The van der Waals surface area contributed by atoms with Crippen LogP contribution in [0.3, 0.4) is 0 Å². The summed E-state index contributed by atoms with van der Waals surface area (Å²) >= 11 is 0. The number of benzene rings is 2. The van der Waals surface area contributed by atoms with Crippen molar-refractivity contribution in [2.45, 2.75) is 32.5 Å². The monoisotopic (exact) mass is 378 g/mol. The van der Waals surface area contributed by atoms with Crippen LogP contribution < -0.4 is 10.6 Å². The standard InChI is InChI=1S/C20H21F3N2O2/c1-2-27-19(26)10-14-4-6-17(11-18(14)24)25-8-7-13-3-5-16(20(21,22)23)9-15(13)12-25/h3-6,9,11H,2,7-8,10,12,24H2,1H3. The second kappa shape index (κ2) is 7.50. The third-order valence-corrected chi connectivity index (χ3v) is 4.68. The molecule has 0 fully saturated rings. The molecule has 0 saturated heterocycles. The molecule has 7 heteroatoms. The van der Waals surface area contributed by atoms with E-state index in [1.807, 2.05) is 11.0 Å². The molecule has 1 aliphatic heterocycles. The lowest BCUT2D eigenvalue weighted by molar-refractivity contribution is -0.142. The maximum Gasteiger partial charge on any atom is 0.416 e. The van der Waals surface area contributed by atoms with Crippen LogP contribution in [-0.4, -0.2) is 19.1 Å². The van der Waals surface area contributed by atoms with E-state index in [-0.39, 0.29) is 12.4 Å². The van der Waals surface area contributed by atoms with Crippen LogP contribution in [0, 0.1) is 0 Å². The molecule has 27 heavy (non-hydrogen) atoms. The van der Waals surface area contributed by atoms with Gasteiger partial charge in [-0.15, -0.1) is 0 Å². The Morgan fingerprint density at radius 3 is 2.63 bits per heavy atom. The normalized spacial score (nSPS) is 14.0. The van der Waals surface area contributed by atoms with Crippen LogP contribution >= 0.6 is 0 Å². The van der Waals surface area contributed by atoms with Crippen LogP contribution in [0.4, 0.5) is 24.5 Å². The SMILES string of the molecule is CCOC(=O)Cc1ccc(N2CCc3ccc(C(F)(F)F)cc3C2)cc1N. The molecule has 0 radical (unpaired) electrons. The number of esters is 1. The summed E-state index contributed by atoms with van der Waals surface area (Å²) in [6.45, 7) is 3.12. The molecule has 0 atom stereocenters. The van der Waals surface area contributed by atoms with Crippen molar-refractivity contribution >= 4 is 17.3 Å². The van der Waals surface area contributed by atoms with Crippen molar-refractivity contribution in [3.05, 3.63) is 58.7 Å². The number of carbonyl (C=O) groups is 1. The average molecular weight is 378 g/mol. The molecule has 144 valence electrons. The number of hydrogen-bond donors (Lipinski definition) is 1. The molecule has 0 aromatic heterocycles. The van der Waals surface area contributed by atoms with Gasteiger partial charge in [0.2, 0.25) is 0 Å². The summed E-state index contributed by atoms with van der Waals surface area (Å²) in [5, 5.41) is 0. The number of hydrogen-bond acceptors (Lipinski definition) is 4. The largest absolute Gasteiger partial charge is 0.466 e. The van der Waals surface area contributed by atoms with Gasteiger partial charge in [-0.2, -0.15) is 13.2 Å². The Balaban J connectivity index is 1.78. The fraction of sp³-hybridized carbons (Fsp3) is 0.350. The molecule has 0 saturated carbocycles. The Morgan fingerprint density at radius 2 is 1.96 bits per heavy atom. The van der Waals surface area contributed by atoms with Gasteiger partial charge in [-0.3, -0.25) is 4.79 Å². The number of halogens is 3. The van der Waals surface area contributed by atoms with E-state index in [0.717, 1.165) is 17.3 Å². The fourth-order valence-electron chi connectivity index (χ4n) is 3.26. The van der Waals surface area contributed by atoms with Crippen molar-refractivity contribution in [1.29, 1.82) is 0 Å². The number of fused-ring (bicyclic) bond motifs is 1. The molecule has 3 rings (SSSR count). The van der Waals surface area contributed by atoms with Crippen molar-refractivity contribution < 1.29 is 22.7 Å². The lowest BCUT2D eigenvalue weighted by Gasteiger charge is -2.31. The maximum atomic E-state index is 13.0. The highest BCUT2D eigenvalue weighted by molar-refractivity contribution is 5.76. The van der Waals surface area contributed by atoms with Crippen molar-refractivity contribution in [2.24, 2.45) is 0 Å². The van der Waals surface area contributed by atoms with Crippen LogP contribution in [0.1, 0.15) is 29.2 Å². The van der Waals surface area contributed by atoms with Crippen molar-refractivity contribution in [3.63, 3.8) is 0 Å². The molecular formula is C20H21F3N2O2. The van der Waals surface area contributed by atoms with Gasteiger partial charge >= 0.3 is 12.1 Å². The zero-order chi connectivity index (χ0) is 19.6. The van der Waals surface area contributed by atoms with Gasteiger partial charge in [-0.05, 0) is 54.3 Å². The van der Waals surface area contributed by atoms with Gasteiger partial charge in [0.15, 0.2) is 0 Å². The molecular weight excluding hydrogens is 357 g/mol. The van der Waals surface area contributed by atoms with Crippen LogP contribution in [0.2, 0.25) is 0 Å². The molecule has 0 spiro atoms. The van der Waals surface area contributed by atoms with Crippen LogP contribution in [0.25, 0.3) is 0 Å². The highest BCUT2D eigenvalue weighted by atomic mass is 19.4. The number of alkyl halides is 3. The molecule has 0 aliphatic carbocycles. The van der Waals surface area contributed by atoms with Crippen molar-refractivity contribution in [1.82, 2.24) is 0 Å². The van der Waals surface area contributed by atoms with Gasteiger partial charge < -0.3 is 15.4 Å². The zero-order valence-corrected chi connectivity index (χ0v) is 15.0. The second-order valence-corrected chi connectivity index (χ2v) is 6.52. The number of anilines is 2. The molecule has 2 aromatic carbocycles. The maximum absolute atomic E-state index is 13.0. The van der Waals surface area contributed by atoms with E-state index < -0.39 is 11.7 Å². The summed E-state index contributed by atoms with van der Waals surface area (Å²) in [5.74, 6) is -0.344. The highest BCUT2D eigenvalue weighted by Crippen LogP contribution is 2.33. The van der Waals surface area contributed by atoms with E-state index >= 15 is 0 Å². The number of nitrogen functional groups attached to an aromatic ring is 1. The number of rotatable bonds is 4. The lowest BCUT2D eigenvalue weighted by atomic mass is 9.96. The topological polar surface area (TPSA) is 55.6 Å². The van der Waals surface area contributed by atoms with E-state index in [2.05, 4.69) is 0 Å². The first-order chi connectivity index (χ1) is 12.8. The summed E-state index contributed by atoms with van der Waals surface area (Å²) in [6, 6.07) is 9.28. The van der Waals surface area contributed by atoms with E-state index in [9.17, 15) is 18.0 Å². The third kappa shape index (κ3) is 4.35. The van der Waals surface area contributed by atoms with Crippen LogP contribution in [0.15, 0.2) is 36.4 Å². The molecule has 1 aliphatic rings. The smallest absolute Gasteiger partial charge is 0.416 e. The third-order valence-electron chi connectivity index (χ3n) is 4.68. The zero-order valence-electron chi connectivity index (χ0n) is 15.0. The van der Waals surface area contributed by atoms with E-state index in [1.165, 1.54) is 6.07 Å². The molecule has 0 bridgehead atoms. The number of carbonyl (C=O) groups excluding carboxylic acids is 1. The Kier molecular flexibility index (Phi) is 5.30. The van der Waals surface area contributed by atoms with Gasteiger partial charge in [0.1, 0.15) is 0 Å². The molecule has 2 N–H and O–H groups in total. The Labute approximate surface area is 155 Å². The van der Waals surface area contributed by atoms with Gasteiger partial charge in [0.25, 0.3) is 0 Å². The molecule has 2 aromatic rings. The summed E-state index contributed by atoms with van der Waals surface area (Å²) in [4.78, 5) is 13.6. The molecule has 0 unspecified atom stereocenters. The minimum absolute atomic E-state index is 0.0950. The average Bonchev–Trinajstić information content (AvgIpc) is 2.62. The minimum Gasteiger partial charge on any atom is -0.466 e. The van der Waals surface area contributed by atoms with Crippen molar-refractivity contribution in [3.8, 4) is 0 Å². The van der Waals surface area contributed by atoms with Gasteiger partial charge in [-0.25, -0.2) is 0 Å². The van der Waals surface area contributed by atoms with E-state index in [1.54, 1.807) is 25.1 Å². The Hall–Kier alpha value is -2.70. The first-order valence-electron chi connectivity index (χ1n) is 8.76. The second-order valence-electron chi connectivity index (χ2n) is 6.52. The lowest BCUT2D eigenvalue weighted by Crippen LogP contribution is -2.30. The summed E-state index contributed by atoms with van der Waals surface area (Å²) < 4.78 is 43.8.